The summed E-state index contributed by atoms with van der Waals surface area (Å²) in [6, 6.07) is 0. The van der Waals surface area contributed by atoms with Gasteiger partial charge in [0, 0.05) is 22.7 Å². The first-order valence-corrected chi connectivity index (χ1v) is 7.84. The van der Waals surface area contributed by atoms with Crippen LogP contribution >= 0.6 is 11.8 Å². The Hall–Kier alpha value is -0.610. The summed E-state index contributed by atoms with van der Waals surface area (Å²) < 4.78 is 0. The van der Waals surface area contributed by atoms with Gasteiger partial charge in [-0.25, -0.2) is 9.97 Å². The monoisotopic (exact) mass is 266 g/mol. The summed E-state index contributed by atoms with van der Waals surface area (Å²) in [6.45, 7) is 3.70. The average molecular weight is 266 g/mol. The third-order valence-corrected chi connectivity index (χ3v) is 4.89. The van der Waals surface area contributed by atoms with E-state index < -0.39 is 6.10 Å². The highest BCUT2D eigenvalue weighted by Crippen LogP contribution is 2.30. The quantitative estimate of drug-likeness (QED) is 0.907. The van der Waals surface area contributed by atoms with E-state index in [0.29, 0.717) is 0 Å². The predicted molar refractivity (Wildman–Crippen MR) is 75.6 cm³/mol. The zero-order valence-corrected chi connectivity index (χ0v) is 12.0. The lowest BCUT2D eigenvalue weighted by Gasteiger charge is -2.20. The number of hydrogen-bond donors (Lipinski definition) is 1. The van der Waals surface area contributed by atoms with Crippen LogP contribution in [0.15, 0.2) is 6.20 Å². The SMILES string of the molecule is Cc1nc(CSC2CCCCC2)ncc1[C@@H](C)O. The maximum Gasteiger partial charge on any atom is 0.138 e. The van der Waals surface area contributed by atoms with E-state index in [0.717, 1.165) is 28.1 Å². The predicted octanol–water partition coefficient (Wildman–Crippen LogP) is 3.40. The van der Waals surface area contributed by atoms with Crippen LogP contribution in [0.2, 0.25) is 0 Å². The second-order valence-corrected chi connectivity index (χ2v) is 6.36. The van der Waals surface area contributed by atoms with E-state index in [1.54, 1.807) is 13.1 Å². The van der Waals surface area contributed by atoms with Crippen LogP contribution in [0.5, 0.6) is 0 Å². The molecule has 0 amide bonds. The maximum atomic E-state index is 9.54. The lowest BCUT2D eigenvalue weighted by atomic mass is 10.0. The minimum absolute atomic E-state index is 0.481. The molecule has 1 fully saturated rings. The number of aliphatic hydroxyl groups excluding tert-OH is 1. The van der Waals surface area contributed by atoms with Crippen LogP contribution in [0.4, 0.5) is 0 Å². The van der Waals surface area contributed by atoms with Gasteiger partial charge in [-0.3, -0.25) is 0 Å². The summed E-state index contributed by atoms with van der Waals surface area (Å²) >= 11 is 1.99. The second kappa shape index (κ2) is 6.53. The van der Waals surface area contributed by atoms with Crippen molar-refractivity contribution in [2.45, 2.75) is 63.1 Å². The highest BCUT2D eigenvalue weighted by molar-refractivity contribution is 7.99. The number of hydrogen-bond acceptors (Lipinski definition) is 4. The Balaban J connectivity index is 1.91. The third-order valence-electron chi connectivity index (χ3n) is 3.52. The fraction of sp³-hybridized carbons (Fsp3) is 0.714. The fourth-order valence-corrected chi connectivity index (χ4v) is 3.62. The Bertz CT molecular complexity index is 389. The van der Waals surface area contributed by atoms with Gasteiger partial charge in [0.15, 0.2) is 0 Å². The van der Waals surface area contributed by atoms with Crippen LogP contribution in [0.25, 0.3) is 0 Å². The molecule has 1 aliphatic carbocycles. The Labute approximate surface area is 113 Å². The van der Waals surface area contributed by atoms with Crippen LogP contribution in [0.3, 0.4) is 0 Å². The highest BCUT2D eigenvalue weighted by atomic mass is 32.2. The average Bonchev–Trinajstić information content (AvgIpc) is 2.37. The van der Waals surface area contributed by atoms with Crippen LogP contribution < -0.4 is 0 Å². The van der Waals surface area contributed by atoms with Crippen molar-refractivity contribution >= 4 is 11.8 Å². The van der Waals surface area contributed by atoms with Crippen molar-refractivity contribution in [3.63, 3.8) is 0 Å². The molecule has 0 radical (unpaired) electrons. The molecular weight excluding hydrogens is 244 g/mol. The standard InChI is InChI=1S/C14H22N2OS/c1-10-13(11(2)17)8-15-14(16-10)9-18-12-6-4-3-5-7-12/h8,11-12,17H,3-7,9H2,1-2H3/t11-/m1/s1. The minimum atomic E-state index is -0.481. The Morgan fingerprint density at radius 2 is 2.11 bits per heavy atom. The molecule has 0 aromatic carbocycles. The molecule has 1 N–H and O–H groups in total. The van der Waals surface area contributed by atoms with Crippen molar-refractivity contribution in [3.05, 3.63) is 23.3 Å². The topological polar surface area (TPSA) is 46.0 Å². The number of nitrogens with zero attached hydrogens (tertiary/aromatic N) is 2. The third kappa shape index (κ3) is 3.69. The van der Waals surface area contributed by atoms with E-state index in [1.165, 1.54) is 32.1 Å². The molecule has 0 unspecified atom stereocenters. The van der Waals surface area contributed by atoms with Gasteiger partial charge >= 0.3 is 0 Å². The van der Waals surface area contributed by atoms with Crippen LogP contribution in [-0.4, -0.2) is 20.3 Å². The first-order chi connectivity index (χ1) is 8.66. The lowest BCUT2D eigenvalue weighted by molar-refractivity contribution is 0.197. The Morgan fingerprint density at radius 1 is 1.39 bits per heavy atom. The number of aryl methyl sites for hydroxylation is 1. The Morgan fingerprint density at radius 3 is 2.72 bits per heavy atom. The molecule has 1 atom stereocenters. The first-order valence-electron chi connectivity index (χ1n) is 6.79. The summed E-state index contributed by atoms with van der Waals surface area (Å²) in [6.07, 6.45) is 8.12. The van der Waals surface area contributed by atoms with Gasteiger partial charge < -0.3 is 5.11 Å². The molecule has 4 heteroatoms. The normalized spacial score (nSPS) is 18.8. The Kier molecular flexibility index (Phi) is 5.01. The minimum Gasteiger partial charge on any atom is -0.389 e. The first kappa shape index (κ1) is 13.8. The maximum absolute atomic E-state index is 9.54. The number of aliphatic hydroxyl groups is 1. The molecule has 1 aromatic rings. The van der Waals surface area contributed by atoms with Crippen LogP contribution in [0.1, 0.15) is 62.2 Å². The van der Waals surface area contributed by atoms with Gasteiger partial charge in [0.25, 0.3) is 0 Å². The molecule has 1 heterocycles. The molecule has 0 saturated heterocycles. The summed E-state index contributed by atoms with van der Waals surface area (Å²) in [5.74, 6) is 1.79. The van der Waals surface area contributed by atoms with Gasteiger partial charge in [-0.05, 0) is 26.7 Å². The van der Waals surface area contributed by atoms with Gasteiger partial charge in [0.2, 0.25) is 0 Å². The molecular formula is C14H22N2OS. The van der Waals surface area contributed by atoms with Gasteiger partial charge in [-0.2, -0.15) is 11.8 Å². The van der Waals surface area contributed by atoms with Crippen LogP contribution in [0, 0.1) is 6.92 Å². The zero-order chi connectivity index (χ0) is 13.0. The van der Waals surface area contributed by atoms with Crippen molar-refractivity contribution in [3.8, 4) is 0 Å². The summed E-state index contributed by atoms with van der Waals surface area (Å²) in [5, 5.41) is 10.3. The fourth-order valence-electron chi connectivity index (χ4n) is 2.43. The van der Waals surface area contributed by atoms with Gasteiger partial charge in [0.1, 0.15) is 5.82 Å². The van der Waals surface area contributed by atoms with Crippen LogP contribution in [-0.2, 0) is 5.75 Å². The van der Waals surface area contributed by atoms with E-state index in [4.69, 9.17) is 0 Å². The van der Waals surface area contributed by atoms with Crippen molar-refractivity contribution in [2.75, 3.05) is 0 Å². The highest BCUT2D eigenvalue weighted by Gasteiger charge is 2.15. The van der Waals surface area contributed by atoms with Gasteiger partial charge in [0.05, 0.1) is 11.9 Å². The van der Waals surface area contributed by atoms with Crippen molar-refractivity contribution < 1.29 is 5.11 Å². The smallest absolute Gasteiger partial charge is 0.138 e. The number of aromatic nitrogens is 2. The lowest BCUT2D eigenvalue weighted by Crippen LogP contribution is -2.09. The second-order valence-electron chi connectivity index (χ2n) is 5.07. The zero-order valence-electron chi connectivity index (χ0n) is 11.2. The molecule has 3 nitrogen and oxygen atoms in total. The molecule has 1 aromatic heterocycles. The van der Waals surface area contributed by atoms with Crippen molar-refractivity contribution in [1.29, 1.82) is 0 Å². The molecule has 2 rings (SSSR count). The molecule has 1 aliphatic rings. The molecule has 0 aliphatic heterocycles. The van der Waals surface area contributed by atoms with E-state index >= 15 is 0 Å². The largest absolute Gasteiger partial charge is 0.389 e. The molecule has 100 valence electrons. The van der Waals surface area contributed by atoms with Crippen molar-refractivity contribution in [1.82, 2.24) is 9.97 Å². The van der Waals surface area contributed by atoms with Gasteiger partial charge in [-0.1, -0.05) is 19.3 Å². The molecule has 1 saturated carbocycles. The van der Waals surface area contributed by atoms with E-state index in [9.17, 15) is 5.11 Å². The summed E-state index contributed by atoms with van der Waals surface area (Å²) in [7, 11) is 0. The van der Waals surface area contributed by atoms with E-state index in [-0.39, 0.29) is 0 Å². The summed E-state index contributed by atoms with van der Waals surface area (Å²) in [4.78, 5) is 8.84. The molecule has 0 bridgehead atoms. The number of thioether (sulfide) groups is 1. The van der Waals surface area contributed by atoms with E-state index in [2.05, 4.69) is 9.97 Å². The van der Waals surface area contributed by atoms with E-state index in [1.807, 2.05) is 18.7 Å². The molecule has 18 heavy (non-hydrogen) atoms. The summed E-state index contributed by atoms with van der Waals surface area (Å²) in [5.41, 5.74) is 1.74. The van der Waals surface area contributed by atoms with Crippen molar-refractivity contribution in [2.24, 2.45) is 0 Å². The van der Waals surface area contributed by atoms with Gasteiger partial charge in [-0.15, -0.1) is 0 Å². The molecule has 0 spiro atoms. The number of rotatable bonds is 4.